The van der Waals surface area contributed by atoms with Crippen molar-refractivity contribution in [2.24, 2.45) is 0 Å². The minimum atomic E-state index is -4.58. The highest BCUT2D eigenvalue weighted by Crippen LogP contribution is 2.41. The lowest BCUT2D eigenvalue weighted by Crippen LogP contribution is -2.41. The summed E-state index contributed by atoms with van der Waals surface area (Å²) in [7, 11) is 1.42. The summed E-state index contributed by atoms with van der Waals surface area (Å²) in [6.45, 7) is 0.514. The van der Waals surface area contributed by atoms with Gasteiger partial charge in [0.05, 0.1) is 18.9 Å². The van der Waals surface area contributed by atoms with Crippen LogP contribution in [0.5, 0.6) is 5.75 Å². The average molecular weight is 600 g/mol. The Hall–Kier alpha value is -4.39. The molecule has 10 nitrogen and oxygen atoms in total. The molecule has 2 fully saturated rings. The van der Waals surface area contributed by atoms with Crippen molar-refractivity contribution >= 4 is 40.6 Å². The molecule has 2 amide bonds. The van der Waals surface area contributed by atoms with Crippen molar-refractivity contribution in [3.63, 3.8) is 0 Å². The maximum Gasteiger partial charge on any atom is 0.416 e. The Labute approximate surface area is 242 Å². The Kier molecular flexibility index (Phi) is 6.92. The van der Waals surface area contributed by atoms with E-state index in [1.807, 2.05) is 4.90 Å². The molecule has 2 saturated heterocycles. The standard InChI is InChI=1S/C28H25ClF3N7O3/c1-42-19-10-14(27(41)36-21-11-16(8-9-34-21)28(30,31)32)3-6-18(19)23-24-25(33)35-12-20(29)39(24)26(37-23)15-2-4-17-5-7-22(40)38(17)13-15/h3,6,8-12,15,17H,2,4-5,7,13H2,1H3,(H2,33,35)(H,34,36,41). The van der Waals surface area contributed by atoms with Gasteiger partial charge in [-0.2, -0.15) is 13.2 Å². The van der Waals surface area contributed by atoms with Gasteiger partial charge in [0.1, 0.15) is 39.6 Å². The molecule has 0 spiro atoms. The topological polar surface area (TPSA) is 128 Å². The Bertz CT molecular complexity index is 1730. The van der Waals surface area contributed by atoms with Gasteiger partial charge in [-0.3, -0.25) is 14.0 Å². The van der Waals surface area contributed by atoms with Gasteiger partial charge in [-0.1, -0.05) is 11.6 Å². The van der Waals surface area contributed by atoms with Crippen molar-refractivity contribution in [1.29, 1.82) is 0 Å². The highest BCUT2D eigenvalue weighted by atomic mass is 35.5. The molecule has 0 bridgehead atoms. The monoisotopic (exact) mass is 599 g/mol. The number of methoxy groups -OCH3 is 1. The van der Waals surface area contributed by atoms with Gasteiger partial charge in [0.15, 0.2) is 0 Å². The summed E-state index contributed by atoms with van der Waals surface area (Å²) in [6, 6.07) is 6.37. The second-order valence-corrected chi connectivity index (χ2v) is 10.7. The van der Waals surface area contributed by atoms with E-state index in [9.17, 15) is 22.8 Å². The zero-order valence-corrected chi connectivity index (χ0v) is 23.0. The van der Waals surface area contributed by atoms with Crippen molar-refractivity contribution in [1.82, 2.24) is 24.3 Å². The Balaban J connectivity index is 1.37. The first kappa shape index (κ1) is 27.8. The molecule has 5 heterocycles. The number of carbonyl (C=O) groups excluding carboxylic acids is 2. The van der Waals surface area contributed by atoms with Gasteiger partial charge >= 0.3 is 6.18 Å². The van der Waals surface area contributed by atoms with E-state index in [4.69, 9.17) is 27.1 Å². The SMILES string of the molecule is COc1cc(C(=O)Nc2cc(C(F)(F)F)ccn2)ccc1-c1nc(C2CCC3CCC(=O)N3C2)n2c(Cl)cnc(N)c12. The lowest BCUT2D eigenvalue weighted by molar-refractivity contribution is -0.137. The number of pyridine rings is 1. The van der Waals surface area contributed by atoms with Crippen molar-refractivity contribution in [3.8, 4) is 17.0 Å². The molecule has 1 aromatic carbocycles. The van der Waals surface area contributed by atoms with Crippen LogP contribution in [0.2, 0.25) is 5.15 Å². The Morgan fingerprint density at radius 1 is 1.17 bits per heavy atom. The number of halogens is 4. The third-order valence-corrected chi connectivity index (χ3v) is 8.07. The van der Waals surface area contributed by atoms with Crippen LogP contribution in [0.3, 0.4) is 0 Å². The number of anilines is 2. The van der Waals surface area contributed by atoms with Crippen molar-refractivity contribution in [2.75, 3.05) is 24.7 Å². The molecule has 14 heteroatoms. The lowest BCUT2D eigenvalue weighted by Gasteiger charge is -2.34. The quantitative estimate of drug-likeness (QED) is 0.324. The zero-order chi connectivity index (χ0) is 29.8. The fourth-order valence-corrected chi connectivity index (χ4v) is 5.98. The van der Waals surface area contributed by atoms with E-state index in [0.29, 0.717) is 40.7 Å². The van der Waals surface area contributed by atoms with E-state index in [0.717, 1.165) is 37.6 Å². The number of fused-ring (bicyclic) bond motifs is 2. The smallest absolute Gasteiger partial charge is 0.416 e. The molecule has 2 unspecified atom stereocenters. The molecule has 0 saturated carbocycles. The first-order valence-electron chi connectivity index (χ1n) is 13.2. The number of hydrogen-bond donors (Lipinski definition) is 2. The molecule has 2 atom stereocenters. The molecule has 2 aliphatic heterocycles. The number of aromatic nitrogens is 4. The van der Waals surface area contributed by atoms with Crippen LogP contribution in [0.15, 0.2) is 42.7 Å². The minimum absolute atomic E-state index is 0.0974. The Morgan fingerprint density at radius 2 is 1.98 bits per heavy atom. The van der Waals surface area contributed by atoms with Crippen LogP contribution in [0.25, 0.3) is 16.8 Å². The van der Waals surface area contributed by atoms with E-state index in [-0.39, 0.29) is 40.8 Å². The normalized spacial score (nSPS) is 18.8. The fourth-order valence-electron chi connectivity index (χ4n) is 5.76. The number of nitrogens with one attached hydrogen (secondary N) is 1. The molecule has 3 aromatic heterocycles. The zero-order valence-electron chi connectivity index (χ0n) is 22.3. The third kappa shape index (κ3) is 4.87. The number of nitrogen functional groups attached to an aromatic ring is 1. The number of carbonyl (C=O) groups is 2. The number of amides is 2. The molecule has 4 aromatic rings. The number of nitrogens with zero attached hydrogens (tertiary/aromatic N) is 5. The summed E-state index contributed by atoms with van der Waals surface area (Å²) < 4.78 is 46.6. The summed E-state index contributed by atoms with van der Waals surface area (Å²) in [6.07, 6.45) is 0.902. The van der Waals surface area contributed by atoms with E-state index in [1.54, 1.807) is 10.5 Å². The largest absolute Gasteiger partial charge is 0.496 e. The summed E-state index contributed by atoms with van der Waals surface area (Å²) in [5.74, 6) is 0.189. The van der Waals surface area contributed by atoms with Gasteiger partial charge in [0, 0.05) is 42.2 Å². The molecular formula is C28H25ClF3N7O3. The Morgan fingerprint density at radius 3 is 2.74 bits per heavy atom. The summed E-state index contributed by atoms with van der Waals surface area (Å²) >= 11 is 6.61. The number of nitrogens with two attached hydrogens (primary N) is 1. The number of imidazole rings is 1. The molecule has 218 valence electrons. The average Bonchev–Trinajstić information content (AvgIpc) is 3.56. The van der Waals surface area contributed by atoms with Crippen LogP contribution in [-0.2, 0) is 11.0 Å². The van der Waals surface area contributed by atoms with Crippen LogP contribution < -0.4 is 15.8 Å². The number of alkyl halides is 3. The van der Waals surface area contributed by atoms with Gasteiger partial charge in [0.25, 0.3) is 5.91 Å². The maximum atomic E-state index is 13.1. The molecule has 0 aliphatic carbocycles. The van der Waals surface area contributed by atoms with Crippen molar-refractivity contribution < 1.29 is 27.5 Å². The molecule has 42 heavy (non-hydrogen) atoms. The molecule has 3 N–H and O–H groups in total. The number of ether oxygens (including phenoxy) is 1. The maximum absolute atomic E-state index is 13.1. The number of rotatable bonds is 5. The fraction of sp³-hybridized carbons (Fsp3) is 0.321. The van der Waals surface area contributed by atoms with Crippen LogP contribution in [-0.4, -0.2) is 55.8 Å². The summed E-state index contributed by atoms with van der Waals surface area (Å²) in [5.41, 5.74) is 6.89. The number of hydrogen-bond acceptors (Lipinski definition) is 7. The van der Waals surface area contributed by atoms with E-state index < -0.39 is 17.6 Å². The van der Waals surface area contributed by atoms with Gasteiger partial charge in [-0.25, -0.2) is 15.0 Å². The van der Waals surface area contributed by atoms with Crippen molar-refractivity contribution in [2.45, 2.75) is 43.8 Å². The summed E-state index contributed by atoms with van der Waals surface area (Å²) in [4.78, 5) is 40.3. The number of benzene rings is 1. The minimum Gasteiger partial charge on any atom is -0.496 e. The highest BCUT2D eigenvalue weighted by Gasteiger charge is 2.39. The van der Waals surface area contributed by atoms with Gasteiger partial charge in [-0.15, -0.1) is 0 Å². The predicted molar refractivity (Wildman–Crippen MR) is 148 cm³/mol. The van der Waals surface area contributed by atoms with E-state index in [2.05, 4.69) is 15.3 Å². The van der Waals surface area contributed by atoms with E-state index in [1.165, 1.54) is 25.4 Å². The molecule has 0 radical (unpaired) electrons. The molecule has 2 aliphatic rings. The lowest BCUT2D eigenvalue weighted by atomic mass is 9.92. The second-order valence-electron chi connectivity index (χ2n) is 10.3. The predicted octanol–water partition coefficient (Wildman–Crippen LogP) is 5.18. The van der Waals surface area contributed by atoms with Crippen LogP contribution in [0.4, 0.5) is 24.8 Å². The van der Waals surface area contributed by atoms with Gasteiger partial charge in [0.2, 0.25) is 5.91 Å². The van der Waals surface area contributed by atoms with Crippen molar-refractivity contribution in [3.05, 3.63) is 64.8 Å². The van der Waals surface area contributed by atoms with Crippen LogP contribution in [0.1, 0.15) is 53.3 Å². The van der Waals surface area contributed by atoms with Gasteiger partial charge in [-0.05, 0) is 49.6 Å². The first-order valence-corrected chi connectivity index (χ1v) is 13.6. The van der Waals surface area contributed by atoms with Crippen LogP contribution in [0, 0.1) is 0 Å². The summed E-state index contributed by atoms with van der Waals surface area (Å²) in [5, 5.41) is 2.69. The molecule has 6 rings (SSSR count). The van der Waals surface area contributed by atoms with Gasteiger partial charge < -0.3 is 20.7 Å². The highest BCUT2D eigenvalue weighted by molar-refractivity contribution is 6.30. The number of piperidine rings is 1. The molecular weight excluding hydrogens is 575 g/mol. The third-order valence-electron chi connectivity index (χ3n) is 7.80. The second kappa shape index (κ2) is 10.5. The first-order chi connectivity index (χ1) is 20.0. The van der Waals surface area contributed by atoms with E-state index >= 15 is 0 Å². The van der Waals surface area contributed by atoms with Crippen LogP contribution >= 0.6 is 11.6 Å².